The van der Waals surface area contributed by atoms with Crippen molar-refractivity contribution in [2.45, 2.75) is 58.3 Å². The Morgan fingerprint density at radius 2 is 1.92 bits per heavy atom. The summed E-state index contributed by atoms with van der Waals surface area (Å²) in [6.45, 7) is 7.57. The quantitative estimate of drug-likeness (QED) is 0.832. The van der Waals surface area contributed by atoms with Gasteiger partial charge in [-0.05, 0) is 18.4 Å². The van der Waals surface area contributed by atoms with E-state index in [0.29, 0.717) is 11.8 Å². The standard InChI is InChI=1S/C19H30N4O/c1-15(2)19-20-10-9-17(21-19)22-11-13-23(14-12-22)18(24)8-7-16-5-3-4-6-16/h9-10,15-16H,3-8,11-14H2,1-2H3. The molecule has 0 spiro atoms. The second kappa shape index (κ2) is 7.95. The van der Waals surface area contributed by atoms with Gasteiger partial charge >= 0.3 is 0 Å². The molecule has 1 aromatic heterocycles. The third-order valence-corrected chi connectivity index (χ3v) is 5.37. The van der Waals surface area contributed by atoms with Crippen molar-refractivity contribution in [1.82, 2.24) is 14.9 Å². The molecule has 1 aliphatic heterocycles. The Morgan fingerprint density at radius 3 is 2.58 bits per heavy atom. The van der Waals surface area contributed by atoms with Crippen molar-refractivity contribution in [3.63, 3.8) is 0 Å². The second-order valence-corrected chi connectivity index (χ2v) is 7.48. The first-order valence-electron chi connectivity index (χ1n) is 9.49. The first kappa shape index (κ1) is 17.2. The van der Waals surface area contributed by atoms with Crippen molar-refractivity contribution in [1.29, 1.82) is 0 Å². The minimum atomic E-state index is 0.336. The third-order valence-electron chi connectivity index (χ3n) is 5.37. The number of rotatable bonds is 5. The fourth-order valence-corrected chi connectivity index (χ4v) is 3.79. The van der Waals surface area contributed by atoms with E-state index in [2.05, 4.69) is 28.7 Å². The predicted molar refractivity (Wildman–Crippen MR) is 96.1 cm³/mol. The lowest BCUT2D eigenvalue weighted by molar-refractivity contribution is -0.131. The molecule has 1 aromatic rings. The van der Waals surface area contributed by atoms with Gasteiger partial charge in [-0.3, -0.25) is 4.79 Å². The molecule has 2 fully saturated rings. The van der Waals surface area contributed by atoms with Gasteiger partial charge in [-0.2, -0.15) is 0 Å². The Morgan fingerprint density at radius 1 is 1.21 bits per heavy atom. The maximum Gasteiger partial charge on any atom is 0.222 e. The number of hydrogen-bond donors (Lipinski definition) is 0. The van der Waals surface area contributed by atoms with Gasteiger partial charge in [0.15, 0.2) is 0 Å². The van der Waals surface area contributed by atoms with Gasteiger partial charge < -0.3 is 9.80 Å². The molecule has 1 saturated heterocycles. The van der Waals surface area contributed by atoms with Crippen LogP contribution in [0.5, 0.6) is 0 Å². The van der Waals surface area contributed by atoms with E-state index in [9.17, 15) is 4.79 Å². The maximum atomic E-state index is 12.4. The fourth-order valence-electron chi connectivity index (χ4n) is 3.79. The Bertz CT molecular complexity index is 546. The number of hydrogen-bond acceptors (Lipinski definition) is 4. The molecular formula is C19H30N4O. The van der Waals surface area contributed by atoms with Crippen LogP contribution in [0.2, 0.25) is 0 Å². The lowest BCUT2D eigenvalue weighted by Gasteiger charge is -2.35. The molecule has 5 nitrogen and oxygen atoms in total. The average molecular weight is 330 g/mol. The van der Waals surface area contributed by atoms with Crippen molar-refractivity contribution in [3.8, 4) is 0 Å². The molecule has 1 amide bonds. The largest absolute Gasteiger partial charge is 0.353 e. The molecule has 0 unspecified atom stereocenters. The van der Waals surface area contributed by atoms with Gasteiger partial charge in [0.25, 0.3) is 0 Å². The monoisotopic (exact) mass is 330 g/mol. The zero-order valence-electron chi connectivity index (χ0n) is 15.1. The van der Waals surface area contributed by atoms with E-state index in [4.69, 9.17) is 0 Å². The Balaban J connectivity index is 1.48. The van der Waals surface area contributed by atoms with E-state index in [1.165, 1.54) is 25.7 Å². The van der Waals surface area contributed by atoms with Crippen LogP contribution >= 0.6 is 0 Å². The summed E-state index contributed by atoms with van der Waals surface area (Å²) in [6, 6.07) is 1.98. The molecule has 0 bridgehead atoms. The van der Waals surface area contributed by atoms with E-state index in [1.807, 2.05) is 17.2 Å². The molecule has 1 aliphatic carbocycles. The summed E-state index contributed by atoms with van der Waals surface area (Å²) >= 11 is 0. The highest BCUT2D eigenvalue weighted by Crippen LogP contribution is 2.28. The number of amides is 1. The zero-order valence-corrected chi connectivity index (χ0v) is 15.1. The van der Waals surface area contributed by atoms with E-state index in [0.717, 1.165) is 56.6 Å². The van der Waals surface area contributed by atoms with Crippen LogP contribution < -0.4 is 4.90 Å². The normalized spacial score (nSPS) is 19.3. The van der Waals surface area contributed by atoms with E-state index >= 15 is 0 Å². The summed E-state index contributed by atoms with van der Waals surface area (Å²) < 4.78 is 0. The highest BCUT2D eigenvalue weighted by atomic mass is 16.2. The summed E-state index contributed by atoms with van der Waals surface area (Å²) in [5.74, 6) is 3.36. The Kier molecular flexibility index (Phi) is 5.69. The van der Waals surface area contributed by atoms with Crippen LogP contribution in [0.1, 0.15) is 64.1 Å². The van der Waals surface area contributed by atoms with Gasteiger partial charge in [0.1, 0.15) is 11.6 Å². The molecule has 0 N–H and O–H groups in total. The van der Waals surface area contributed by atoms with E-state index in [-0.39, 0.29) is 0 Å². The first-order chi connectivity index (χ1) is 11.6. The highest BCUT2D eigenvalue weighted by molar-refractivity contribution is 5.76. The molecular weight excluding hydrogens is 300 g/mol. The molecule has 5 heteroatoms. The second-order valence-electron chi connectivity index (χ2n) is 7.48. The van der Waals surface area contributed by atoms with Crippen molar-refractivity contribution in [3.05, 3.63) is 18.1 Å². The molecule has 132 valence electrons. The van der Waals surface area contributed by atoms with Gasteiger partial charge in [-0.25, -0.2) is 9.97 Å². The number of carbonyl (C=O) groups is 1. The molecule has 3 rings (SSSR count). The topological polar surface area (TPSA) is 49.3 Å². The van der Waals surface area contributed by atoms with Crippen molar-refractivity contribution >= 4 is 11.7 Å². The van der Waals surface area contributed by atoms with E-state index < -0.39 is 0 Å². The van der Waals surface area contributed by atoms with Crippen LogP contribution in [-0.2, 0) is 4.79 Å². The van der Waals surface area contributed by atoms with Crippen LogP contribution in [0.4, 0.5) is 5.82 Å². The minimum absolute atomic E-state index is 0.336. The summed E-state index contributed by atoms with van der Waals surface area (Å²) in [5.41, 5.74) is 0. The maximum absolute atomic E-state index is 12.4. The van der Waals surface area contributed by atoms with Gasteiger partial charge in [0.2, 0.25) is 5.91 Å². The van der Waals surface area contributed by atoms with Crippen LogP contribution in [0.15, 0.2) is 12.3 Å². The highest BCUT2D eigenvalue weighted by Gasteiger charge is 2.23. The van der Waals surface area contributed by atoms with Crippen molar-refractivity contribution in [2.24, 2.45) is 5.92 Å². The Labute approximate surface area is 145 Å². The molecule has 2 aliphatic rings. The molecule has 1 saturated carbocycles. The fraction of sp³-hybridized carbons (Fsp3) is 0.737. The van der Waals surface area contributed by atoms with Gasteiger partial charge in [0, 0.05) is 44.7 Å². The summed E-state index contributed by atoms with van der Waals surface area (Å²) in [7, 11) is 0. The lowest BCUT2D eigenvalue weighted by atomic mass is 10.0. The lowest BCUT2D eigenvalue weighted by Crippen LogP contribution is -2.49. The molecule has 2 heterocycles. The number of anilines is 1. The van der Waals surface area contributed by atoms with Gasteiger partial charge in [-0.1, -0.05) is 39.5 Å². The minimum Gasteiger partial charge on any atom is -0.353 e. The summed E-state index contributed by atoms with van der Waals surface area (Å²) in [4.78, 5) is 25.7. The number of nitrogens with zero attached hydrogens (tertiary/aromatic N) is 4. The SMILES string of the molecule is CC(C)c1nccc(N2CCN(C(=O)CCC3CCCC3)CC2)n1. The summed E-state index contributed by atoms with van der Waals surface area (Å²) in [5, 5.41) is 0. The first-order valence-corrected chi connectivity index (χ1v) is 9.49. The molecule has 24 heavy (non-hydrogen) atoms. The number of aromatic nitrogens is 2. The van der Waals surface area contributed by atoms with Crippen LogP contribution in [0.3, 0.4) is 0 Å². The zero-order chi connectivity index (χ0) is 16.9. The predicted octanol–water partition coefficient (Wildman–Crippen LogP) is 3.22. The number of carbonyl (C=O) groups excluding carboxylic acids is 1. The molecule has 0 aromatic carbocycles. The van der Waals surface area contributed by atoms with Crippen molar-refractivity contribution in [2.75, 3.05) is 31.1 Å². The molecule has 0 radical (unpaired) electrons. The van der Waals surface area contributed by atoms with Crippen LogP contribution in [0.25, 0.3) is 0 Å². The number of piperazine rings is 1. The average Bonchev–Trinajstić information content (AvgIpc) is 3.13. The summed E-state index contributed by atoms with van der Waals surface area (Å²) in [6.07, 6.45) is 9.03. The Hall–Kier alpha value is -1.65. The smallest absolute Gasteiger partial charge is 0.222 e. The van der Waals surface area contributed by atoms with Crippen molar-refractivity contribution < 1.29 is 4.79 Å². The van der Waals surface area contributed by atoms with E-state index in [1.54, 1.807) is 0 Å². The van der Waals surface area contributed by atoms with Crippen LogP contribution in [0, 0.1) is 5.92 Å². The third kappa shape index (κ3) is 4.25. The molecule has 0 atom stereocenters. The van der Waals surface area contributed by atoms with Crippen LogP contribution in [-0.4, -0.2) is 47.0 Å². The van der Waals surface area contributed by atoms with Gasteiger partial charge in [-0.15, -0.1) is 0 Å². The van der Waals surface area contributed by atoms with Gasteiger partial charge in [0.05, 0.1) is 0 Å².